The number of fused-ring (bicyclic) bond motifs is 1. The monoisotopic (exact) mass is 252 g/mol. The minimum Gasteiger partial charge on any atom is -0.497 e. The van der Waals surface area contributed by atoms with Crippen LogP contribution in [0, 0.1) is 0 Å². The maximum atomic E-state index is 5.98. The molecule has 0 fully saturated rings. The largest absolute Gasteiger partial charge is 0.497 e. The molecule has 0 atom stereocenters. The summed E-state index contributed by atoms with van der Waals surface area (Å²) in [5, 5.41) is 1.10. The number of benzene rings is 2. The van der Waals surface area contributed by atoms with Gasteiger partial charge in [0.2, 0.25) is 0 Å². The molecular weight excluding hydrogens is 236 g/mol. The van der Waals surface area contributed by atoms with Gasteiger partial charge in [-0.25, -0.2) is 0 Å². The van der Waals surface area contributed by atoms with Crippen LogP contribution in [0.4, 0.5) is 5.69 Å². The zero-order valence-corrected chi connectivity index (χ0v) is 10.8. The molecule has 96 valence electrons. The Balaban J connectivity index is 1.99. The van der Waals surface area contributed by atoms with E-state index in [9.17, 15) is 0 Å². The lowest BCUT2D eigenvalue weighted by Gasteiger charge is -2.08. The van der Waals surface area contributed by atoms with Crippen molar-refractivity contribution in [3.05, 3.63) is 60.3 Å². The Morgan fingerprint density at radius 3 is 2.79 bits per heavy atom. The molecule has 3 nitrogen and oxygen atoms in total. The summed E-state index contributed by atoms with van der Waals surface area (Å²) >= 11 is 0. The van der Waals surface area contributed by atoms with Crippen molar-refractivity contribution in [2.45, 2.75) is 6.54 Å². The predicted molar refractivity (Wildman–Crippen MR) is 78.4 cm³/mol. The highest BCUT2D eigenvalue weighted by atomic mass is 16.5. The summed E-state index contributed by atoms with van der Waals surface area (Å²) in [6, 6.07) is 16.2. The molecule has 0 amide bonds. The van der Waals surface area contributed by atoms with E-state index in [-0.39, 0.29) is 0 Å². The van der Waals surface area contributed by atoms with Crippen molar-refractivity contribution in [2.24, 2.45) is 0 Å². The zero-order valence-electron chi connectivity index (χ0n) is 10.8. The number of methoxy groups -OCH3 is 1. The maximum Gasteiger partial charge on any atom is 0.119 e. The van der Waals surface area contributed by atoms with Gasteiger partial charge in [-0.05, 0) is 35.9 Å². The number of nitrogens with two attached hydrogens (primary N) is 1. The van der Waals surface area contributed by atoms with E-state index in [2.05, 4.69) is 35.0 Å². The number of hydrogen-bond donors (Lipinski definition) is 1. The van der Waals surface area contributed by atoms with Crippen LogP contribution in [-0.4, -0.2) is 11.7 Å². The number of rotatable bonds is 3. The Labute approximate surface area is 112 Å². The lowest BCUT2D eigenvalue weighted by atomic mass is 10.2. The van der Waals surface area contributed by atoms with E-state index in [0.29, 0.717) is 0 Å². The number of aromatic nitrogens is 1. The first-order valence-electron chi connectivity index (χ1n) is 6.24. The van der Waals surface area contributed by atoms with E-state index < -0.39 is 0 Å². The predicted octanol–water partition coefficient (Wildman–Crippen LogP) is 3.28. The molecule has 0 saturated heterocycles. The van der Waals surface area contributed by atoms with Gasteiger partial charge in [-0.3, -0.25) is 0 Å². The number of nitrogens with zero attached hydrogens (tertiary/aromatic N) is 1. The molecule has 0 bridgehead atoms. The van der Waals surface area contributed by atoms with Gasteiger partial charge in [0.25, 0.3) is 0 Å². The fourth-order valence-electron chi connectivity index (χ4n) is 2.35. The van der Waals surface area contributed by atoms with Gasteiger partial charge in [0, 0.05) is 23.8 Å². The van der Waals surface area contributed by atoms with Gasteiger partial charge in [-0.1, -0.05) is 18.2 Å². The smallest absolute Gasteiger partial charge is 0.119 e. The third-order valence-corrected chi connectivity index (χ3v) is 3.33. The van der Waals surface area contributed by atoms with Crippen LogP contribution in [0.25, 0.3) is 10.9 Å². The normalized spacial score (nSPS) is 10.8. The van der Waals surface area contributed by atoms with Gasteiger partial charge < -0.3 is 15.0 Å². The number of ether oxygens (including phenoxy) is 1. The summed E-state index contributed by atoms with van der Waals surface area (Å²) in [6.07, 6.45) is 2.07. The van der Waals surface area contributed by atoms with E-state index in [0.717, 1.165) is 28.9 Å². The average molecular weight is 252 g/mol. The Morgan fingerprint density at radius 2 is 1.95 bits per heavy atom. The molecule has 0 unspecified atom stereocenters. The van der Waals surface area contributed by atoms with Crippen molar-refractivity contribution in [1.82, 2.24) is 4.57 Å². The van der Waals surface area contributed by atoms with Crippen LogP contribution >= 0.6 is 0 Å². The fraction of sp³-hybridized carbons (Fsp3) is 0.125. The lowest BCUT2D eigenvalue weighted by Crippen LogP contribution is -1.98. The topological polar surface area (TPSA) is 40.2 Å². The van der Waals surface area contributed by atoms with Crippen LogP contribution in [0.1, 0.15) is 5.56 Å². The summed E-state index contributed by atoms with van der Waals surface area (Å²) in [5.41, 5.74) is 9.16. The molecular formula is C16H16N2O. The summed E-state index contributed by atoms with van der Waals surface area (Å²) < 4.78 is 7.45. The molecule has 2 aromatic carbocycles. The molecule has 3 aromatic rings. The molecule has 2 N–H and O–H groups in total. The standard InChI is InChI=1S/C16H16N2O/c1-19-13-5-2-4-12(10-13)11-18-9-8-14-15(17)6-3-7-16(14)18/h2-10H,11,17H2,1H3. The van der Waals surface area contributed by atoms with E-state index >= 15 is 0 Å². The van der Waals surface area contributed by atoms with Crippen molar-refractivity contribution in [2.75, 3.05) is 12.8 Å². The second kappa shape index (κ2) is 4.69. The minimum absolute atomic E-state index is 0.810. The lowest BCUT2D eigenvalue weighted by molar-refractivity contribution is 0.414. The average Bonchev–Trinajstić information content (AvgIpc) is 2.84. The van der Waals surface area contributed by atoms with Crippen molar-refractivity contribution in [3.8, 4) is 5.75 Å². The Hall–Kier alpha value is -2.42. The van der Waals surface area contributed by atoms with Crippen LogP contribution < -0.4 is 10.5 Å². The number of hydrogen-bond acceptors (Lipinski definition) is 2. The molecule has 0 aliphatic rings. The highest BCUT2D eigenvalue weighted by Crippen LogP contribution is 2.23. The Kier molecular flexibility index (Phi) is 2.88. The molecule has 0 saturated carbocycles. The summed E-state index contributed by atoms with van der Waals surface area (Å²) in [5.74, 6) is 0.883. The second-order valence-corrected chi connectivity index (χ2v) is 4.58. The molecule has 3 heteroatoms. The van der Waals surface area contributed by atoms with Gasteiger partial charge in [-0.2, -0.15) is 0 Å². The summed E-state index contributed by atoms with van der Waals surface area (Å²) in [4.78, 5) is 0. The molecule has 3 rings (SSSR count). The van der Waals surface area contributed by atoms with Crippen LogP contribution in [0.5, 0.6) is 5.75 Å². The third kappa shape index (κ3) is 2.15. The first-order chi connectivity index (χ1) is 9.28. The Bertz CT molecular complexity index is 716. The summed E-state index contributed by atoms with van der Waals surface area (Å²) in [7, 11) is 1.69. The SMILES string of the molecule is COc1cccc(Cn2ccc3c(N)cccc32)c1. The molecule has 1 aromatic heterocycles. The highest BCUT2D eigenvalue weighted by Gasteiger charge is 2.04. The van der Waals surface area contributed by atoms with Crippen molar-refractivity contribution >= 4 is 16.6 Å². The van der Waals surface area contributed by atoms with Crippen LogP contribution in [0.3, 0.4) is 0 Å². The minimum atomic E-state index is 0.810. The molecule has 0 spiro atoms. The van der Waals surface area contributed by atoms with Crippen molar-refractivity contribution in [3.63, 3.8) is 0 Å². The van der Waals surface area contributed by atoms with E-state index in [4.69, 9.17) is 10.5 Å². The number of anilines is 1. The first-order valence-corrected chi connectivity index (χ1v) is 6.24. The number of nitrogen functional groups attached to an aromatic ring is 1. The highest BCUT2D eigenvalue weighted by molar-refractivity contribution is 5.91. The van der Waals surface area contributed by atoms with E-state index in [1.54, 1.807) is 7.11 Å². The van der Waals surface area contributed by atoms with Gasteiger partial charge in [0.05, 0.1) is 12.6 Å². The second-order valence-electron chi connectivity index (χ2n) is 4.58. The van der Waals surface area contributed by atoms with Crippen LogP contribution in [0.15, 0.2) is 54.7 Å². The molecule has 19 heavy (non-hydrogen) atoms. The van der Waals surface area contributed by atoms with Gasteiger partial charge in [0.15, 0.2) is 0 Å². The zero-order chi connectivity index (χ0) is 13.2. The molecule has 0 aliphatic carbocycles. The Morgan fingerprint density at radius 1 is 1.11 bits per heavy atom. The van der Waals surface area contributed by atoms with Crippen molar-refractivity contribution in [1.29, 1.82) is 0 Å². The summed E-state index contributed by atoms with van der Waals surface area (Å²) in [6.45, 7) is 0.810. The molecule has 0 radical (unpaired) electrons. The third-order valence-electron chi connectivity index (χ3n) is 3.33. The quantitative estimate of drug-likeness (QED) is 0.727. The van der Waals surface area contributed by atoms with E-state index in [1.807, 2.05) is 24.3 Å². The van der Waals surface area contributed by atoms with Gasteiger partial charge in [0.1, 0.15) is 5.75 Å². The van der Waals surface area contributed by atoms with Crippen LogP contribution in [-0.2, 0) is 6.54 Å². The molecule has 1 heterocycles. The van der Waals surface area contributed by atoms with E-state index in [1.165, 1.54) is 5.56 Å². The first kappa shape index (κ1) is 11.7. The van der Waals surface area contributed by atoms with Gasteiger partial charge >= 0.3 is 0 Å². The van der Waals surface area contributed by atoms with Crippen LogP contribution in [0.2, 0.25) is 0 Å². The fourth-order valence-corrected chi connectivity index (χ4v) is 2.35. The van der Waals surface area contributed by atoms with Gasteiger partial charge in [-0.15, -0.1) is 0 Å². The molecule has 0 aliphatic heterocycles. The van der Waals surface area contributed by atoms with Crippen molar-refractivity contribution < 1.29 is 4.74 Å². The maximum absolute atomic E-state index is 5.98.